The van der Waals surface area contributed by atoms with Gasteiger partial charge in [-0.1, -0.05) is 27.2 Å². The Kier molecular flexibility index (Phi) is 5.80. The van der Waals surface area contributed by atoms with Crippen molar-refractivity contribution < 1.29 is 14.3 Å². The second kappa shape index (κ2) is 7.12. The Morgan fingerprint density at radius 2 is 2.05 bits per heavy atom. The summed E-state index contributed by atoms with van der Waals surface area (Å²) >= 11 is 0. The van der Waals surface area contributed by atoms with Gasteiger partial charge in [-0.05, 0) is 37.0 Å². The molecule has 4 heteroatoms. The number of benzene rings is 1. The molecule has 0 spiro atoms. The van der Waals surface area contributed by atoms with E-state index in [1.807, 2.05) is 0 Å². The van der Waals surface area contributed by atoms with Gasteiger partial charge in [0.1, 0.15) is 5.82 Å². The molecule has 0 aliphatic heterocycles. The largest absolute Gasteiger partial charge is 0.478 e. The van der Waals surface area contributed by atoms with Crippen LogP contribution in [0.25, 0.3) is 0 Å². The minimum absolute atomic E-state index is 0.280. The van der Waals surface area contributed by atoms with Gasteiger partial charge in [0, 0.05) is 11.7 Å². The number of anilines is 1. The summed E-state index contributed by atoms with van der Waals surface area (Å²) in [4.78, 5) is 10.9. The van der Waals surface area contributed by atoms with Gasteiger partial charge in [0.2, 0.25) is 0 Å². The van der Waals surface area contributed by atoms with Gasteiger partial charge in [0.15, 0.2) is 0 Å². The number of aromatic carboxylic acids is 1. The first kappa shape index (κ1) is 15.5. The minimum Gasteiger partial charge on any atom is -0.478 e. The maximum absolute atomic E-state index is 13.3. The van der Waals surface area contributed by atoms with Crippen LogP contribution < -0.4 is 5.32 Å². The summed E-state index contributed by atoms with van der Waals surface area (Å²) in [6, 6.07) is 4.42. The van der Waals surface area contributed by atoms with E-state index in [0.717, 1.165) is 19.3 Å². The molecule has 0 fully saturated rings. The van der Waals surface area contributed by atoms with Gasteiger partial charge < -0.3 is 10.4 Å². The molecular formula is C15H22FNO2. The average molecular weight is 267 g/mol. The maximum atomic E-state index is 13.3. The van der Waals surface area contributed by atoms with Crippen molar-refractivity contribution in [2.24, 2.45) is 5.92 Å². The third-order valence-electron chi connectivity index (χ3n) is 3.44. The number of carboxylic acid groups (broad SMARTS) is 1. The van der Waals surface area contributed by atoms with E-state index in [1.54, 1.807) is 6.07 Å². The third kappa shape index (κ3) is 4.54. The van der Waals surface area contributed by atoms with E-state index in [2.05, 4.69) is 26.1 Å². The number of carbonyl (C=O) groups is 1. The SMILES string of the molecule is CCC(C)CC(CC)Nc1ccc(F)c(C(=O)O)c1. The monoisotopic (exact) mass is 267 g/mol. The van der Waals surface area contributed by atoms with Crippen LogP contribution in [-0.4, -0.2) is 17.1 Å². The summed E-state index contributed by atoms with van der Waals surface area (Å²) < 4.78 is 13.3. The van der Waals surface area contributed by atoms with E-state index in [1.165, 1.54) is 12.1 Å². The van der Waals surface area contributed by atoms with Crippen LogP contribution in [0.2, 0.25) is 0 Å². The molecule has 0 amide bonds. The molecule has 1 aromatic rings. The molecule has 0 aromatic heterocycles. The molecule has 0 aliphatic rings. The summed E-state index contributed by atoms with van der Waals surface area (Å²) in [5.74, 6) is -1.33. The highest BCUT2D eigenvalue weighted by Gasteiger charge is 2.14. The van der Waals surface area contributed by atoms with Crippen molar-refractivity contribution in [1.29, 1.82) is 0 Å². The van der Waals surface area contributed by atoms with Gasteiger partial charge in [0.25, 0.3) is 0 Å². The second-order valence-electron chi connectivity index (χ2n) is 5.00. The predicted octanol–water partition coefficient (Wildman–Crippen LogP) is 4.15. The molecule has 2 atom stereocenters. The third-order valence-corrected chi connectivity index (χ3v) is 3.44. The van der Waals surface area contributed by atoms with Crippen LogP contribution in [0.5, 0.6) is 0 Å². The lowest BCUT2D eigenvalue weighted by atomic mass is 9.97. The van der Waals surface area contributed by atoms with Gasteiger partial charge in [-0.15, -0.1) is 0 Å². The molecule has 19 heavy (non-hydrogen) atoms. The number of nitrogens with one attached hydrogen (secondary N) is 1. The van der Waals surface area contributed by atoms with Crippen molar-refractivity contribution in [2.45, 2.75) is 46.1 Å². The summed E-state index contributed by atoms with van der Waals surface area (Å²) in [5.41, 5.74) is 0.373. The van der Waals surface area contributed by atoms with Crippen molar-refractivity contribution in [3.8, 4) is 0 Å². The van der Waals surface area contributed by atoms with Gasteiger partial charge in [0.05, 0.1) is 5.56 Å². The summed E-state index contributed by atoms with van der Waals surface area (Å²) in [5, 5.41) is 12.2. The predicted molar refractivity (Wildman–Crippen MR) is 75.1 cm³/mol. The molecule has 2 N–H and O–H groups in total. The zero-order chi connectivity index (χ0) is 14.4. The van der Waals surface area contributed by atoms with Crippen molar-refractivity contribution in [3.63, 3.8) is 0 Å². The van der Waals surface area contributed by atoms with Crippen molar-refractivity contribution in [3.05, 3.63) is 29.6 Å². The summed E-state index contributed by atoms with van der Waals surface area (Å²) in [6.07, 6.45) is 3.08. The Morgan fingerprint density at radius 1 is 1.37 bits per heavy atom. The molecule has 0 radical (unpaired) electrons. The second-order valence-corrected chi connectivity index (χ2v) is 5.00. The lowest BCUT2D eigenvalue weighted by Gasteiger charge is -2.21. The molecule has 0 saturated heterocycles. The first-order valence-electron chi connectivity index (χ1n) is 6.77. The standard InChI is InChI=1S/C15H22FNO2/c1-4-10(3)8-11(5-2)17-12-6-7-14(16)13(9-12)15(18)19/h6-7,9-11,17H,4-5,8H2,1-3H3,(H,18,19). The fraction of sp³-hybridized carbons (Fsp3) is 0.533. The zero-order valence-electron chi connectivity index (χ0n) is 11.7. The smallest absolute Gasteiger partial charge is 0.338 e. The average Bonchev–Trinajstić information content (AvgIpc) is 2.39. The quantitative estimate of drug-likeness (QED) is 0.780. The van der Waals surface area contributed by atoms with Crippen molar-refractivity contribution >= 4 is 11.7 Å². The molecule has 0 bridgehead atoms. The van der Waals surface area contributed by atoms with E-state index in [4.69, 9.17) is 5.11 Å². The number of carboxylic acids is 1. The number of hydrogen-bond acceptors (Lipinski definition) is 2. The normalized spacial score (nSPS) is 13.9. The molecule has 0 heterocycles. The van der Waals surface area contributed by atoms with Crippen LogP contribution in [0.3, 0.4) is 0 Å². The number of halogens is 1. The highest BCUT2D eigenvalue weighted by molar-refractivity contribution is 5.89. The van der Waals surface area contributed by atoms with Crippen LogP contribution in [-0.2, 0) is 0 Å². The number of hydrogen-bond donors (Lipinski definition) is 2. The molecule has 0 saturated carbocycles. The van der Waals surface area contributed by atoms with E-state index in [9.17, 15) is 9.18 Å². The Balaban J connectivity index is 2.80. The van der Waals surface area contributed by atoms with E-state index < -0.39 is 11.8 Å². The molecule has 106 valence electrons. The van der Waals surface area contributed by atoms with Gasteiger partial charge in [-0.2, -0.15) is 0 Å². The fourth-order valence-electron chi connectivity index (χ4n) is 1.99. The Hall–Kier alpha value is -1.58. The summed E-state index contributed by atoms with van der Waals surface area (Å²) in [6.45, 7) is 6.43. The first-order valence-corrected chi connectivity index (χ1v) is 6.77. The van der Waals surface area contributed by atoms with E-state index >= 15 is 0 Å². The van der Waals surface area contributed by atoms with Crippen molar-refractivity contribution in [2.75, 3.05) is 5.32 Å². The molecular weight excluding hydrogens is 245 g/mol. The van der Waals surface area contributed by atoms with Crippen LogP contribution in [0.4, 0.5) is 10.1 Å². The lowest BCUT2D eigenvalue weighted by molar-refractivity contribution is 0.0692. The lowest BCUT2D eigenvalue weighted by Crippen LogP contribution is -2.21. The topological polar surface area (TPSA) is 49.3 Å². The van der Waals surface area contributed by atoms with Crippen molar-refractivity contribution in [1.82, 2.24) is 0 Å². The Labute approximate surface area is 113 Å². The van der Waals surface area contributed by atoms with Crippen LogP contribution in [0.1, 0.15) is 50.4 Å². The summed E-state index contributed by atoms with van der Waals surface area (Å²) in [7, 11) is 0. The first-order chi connectivity index (χ1) is 8.97. The van der Waals surface area contributed by atoms with E-state index in [0.29, 0.717) is 11.6 Å². The maximum Gasteiger partial charge on any atom is 0.338 e. The molecule has 2 unspecified atom stereocenters. The van der Waals surface area contributed by atoms with Gasteiger partial charge in [-0.3, -0.25) is 0 Å². The van der Waals surface area contributed by atoms with Gasteiger partial charge >= 0.3 is 5.97 Å². The van der Waals surface area contributed by atoms with Gasteiger partial charge in [-0.25, -0.2) is 9.18 Å². The Bertz CT molecular complexity index is 434. The van der Waals surface area contributed by atoms with Crippen LogP contribution >= 0.6 is 0 Å². The minimum atomic E-state index is -1.24. The van der Waals surface area contributed by atoms with Crippen LogP contribution in [0, 0.1) is 11.7 Å². The number of rotatable bonds is 7. The highest BCUT2D eigenvalue weighted by Crippen LogP contribution is 2.20. The molecule has 3 nitrogen and oxygen atoms in total. The van der Waals surface area contributed by atoms with Crippen LogP contribution in [0.15, 0.2) is 18.2 Å². The zero-order valence-corrected chi connectivity index (χ0v) is 11.7. The fourth-order valence-corrected chi connectivity index (χ4v) is 1.99. The molecule has 0 aliphatic carbocycles. The molecule has 1 aromatic carbocycles. The highest BCUT2D eigenvalue weighted by atomic mass is 19.1. The molecule has 1 rings (SSSR count). The Morgan fingerprint density at radius 3 is 2.58 bits per heavy atom. The van der Waals surface area contributed by atoms with E-state index in [-0.39, 0.29) is 11.6 Å².